The molecule has 0 aliphatic heterocycles. The molecule has 1 aliphatic carbocycles. The summed E-state index contributed by atoms with van der Waals surface area (Å²) in [4.78, 5) is 2.21. The van der Waals surface area contributed by atoms with Gasteiger partial charge in [-0.15, -0.1) is 0 Å². The minimum absolute atomic E-state index is 0.413. The van der Waals surface area contributed by atoms with Crippen LogP contribution in [0.1, 0.15) is 24.0 Å². The summed E-state index contributed by atoms with van der Waals surface area (Å²) in [5, 5.41) is 3.45. The minimum atomic E-state index is 0.413. The first-order valence-electron chi connectivity index (χ1n) is 6.05. The molecule has 0 radical (unpaired) electrons. The van der Waals surface area contributed by atoms with Gasteiger partial charge in [0.2, 0.25) is 0 Å². The van der Waals surface area contributed by atoms with E-state index in [1.165, 1.54) is 30.4 Å². The van der Waals surface area contributed by atoms with Gasteiger partial charge in [0.15, 0.2) is 0 Å². The van der Waals surface area contributed by atoms with Crippen LogP contribution in [0.2, 0.25) is 0 Å². The molecule has 1 aromatic rings. The molecule has 0 bridgehead atoms. The molecular formula is C14H22N2. The van der Waals surface area contributed by atoms with Gasteiger partial charge in [-0.25, -0.2) is 0 Å². The first-order chi connectivity index (χ1) is 7.63. The highest BCUT2D eigenvalue weighted by molar-refractivity contribution is 5.26. The maximum absolute atomic E-state index is 3.45. The van der Waals surface area contributed by atoms with Crippen LogP contribution in [0.4, 0.5) is 0 Å². The number of likely N-dealkylation sites (N-methyl/N-ethyl adjacent to an activating group) is 1. The summed E-state index contributed by atoms with van der Waals surface area (Å²) in [6.07, 6.45) is 3.81. The van der Waals surface area contributed by atoms with Gasteiger partial charge in [-0.3, -0.25) is 0 Å². The third-order valence-corrected chi connectivity index (χ3v) is 3.42. The molecule has 1 aliphatic rings. The van der Waals surface area contributed by atoms with Crippen molar-refractivity contribution in [2.24, 2.45) is 0 Å². The smallest absolute Gasteiger partial charge is 0.0227 e. The Kier molecular flexibility index (Phi) is 3.31. The lowest BCUT2D eigenvalue weighted by Gasteiger charge is -2.15. The molecule has 0 spiro atoms. The first-order valence-corrected chi connectivity index (χ1v) is 6.05. The lowest BCUT2D eigenvalue weighted by atomic mass is 10.0. The molecule has 2 heteroatoms. The van der Waals surface area contributed by atoms with E-state index in [0.717, 1.165) is 6.54 Å². The van der Waals surface area contributed by atoms with Gasteiger partial charge in [-0.2, -0.15) is 0 Å². The van der Waals surface area contributed by atoms with Gasteiger partial charge in [-0.05, 0) is 51.5 Å². The minimum Gasteiger partial charge on any atom is -0.314 e. The Morgan fingerprint density at radius 2 is 1.94 bits per heavy atom. The van der Waals surface area contributed by atoms with Crippen LogP contribution in [0.5, 0.6) is 0 Å². The molecule has 1 aromatic carbocycles. The first kappa shape index (κ1) is 11.6. The van der Waals surface area contributed by atoms with Crippen molar-refractivity contribution in [3.63, 3.8) is 0 Å². The predicted octanol–water partition coefficient (Wildman–Crippen LogP) is 2.04. The zero-order valence-electron chi connectivity index (χ0n) is 10.6. The van der Waals surface area contributed by atoms with Crippen LogP contribution in [0.15, 0.2) is 24.3 Å². The molecule has 0 atom stereocenters. The van der Waals surface area contributed by atoms with Crippen LogP contribution in [-0.2, 0) is 13.0 Å². The molecule has 0 amide bonds. The van der Waals surface area contributed by atoms with Crippen molar-refractivity contribution >= 4 is 0 Å². The van der Waals surface area contributed by atoms with Crippen LogP contribution in [0, 0.1) is 0 Å². The van der Waals surface area contributed by atoms with Gasteiger partial charge >= 0.3 is 0 Å². The molecule has 2 rings (SSSR count). The van der Waals surface area contributed by atoms with E-state index in [9.17, 15) is 0 Å². The van der Waals surface area contributed by atoms with Gasteiger partial charge in [0.25, 0.3) is 0 Å². The molecule has 88 valence electrons. The molecule has 0 saturated heterocycles. The second-order valence-corrected chi connectivity index (χ2v) is 5.26. The largest absolute Gasteiger partial charge is 0.314 e. The molecule has 1 saturated carbocycles. The van der Waals surface area contributed by atoms with Crippen molar-refractivity contribution < 1.29 is 0 Å². The second-order valence-electron chi connectivity index (χ2n) is 5.26. The van der Waals surface area contributed by atoms with Crippen molar-refractivity contribution in [3.05, 3.63) is 35.4 Å². The number of hydrogen-bond donors (Lipinski definition) is 1. The fourth-order valence-electron chi connectivity index (χ4n) is 2.26. The van der Waals surface area contributed by atoms with E-state index in [2.05, 4.69) is 55.6 Å². The number of hydrogen-bond acceptors (Lipinski definition) is 2. The number of nitrogens with zero attached hydrogens (tertiary/aromatic N) is 1. The van der Waals surface area contributed by atoms with Gasteiger partial charge in [0, 0.05) is 12.1 Å². The van der Waals surface area contributed by atoms with Crippen molar-refractivity contribution in [1.82, 2.24) is 10.2 Å². The SMILES string of the molecule is CNC1(Cc2cccc(CN(C)C)c2)CC1. The van der Waals surface area contributed by atoms with Crippen molar-refractivity contribution in [2.45, 2.75) is 31.3 Å². The van der Waals surface area contributed by atoms with E-state index in [4.69, 9.17) is 0 Å². The third-order valence-electron chi connectivity index (χ3n) is 3.42. The summed E-state index contributed by atoms with van der Waals surface area (Å²) in [5.41, 5.74) is 3.29. The molecule has 16 heavy (non-hydrogen) atoms. The Morgan fingerprint density at radius 1 is 1.25 bits per heavy atom. The highest BCUT2D eigenvalue weighted by Crippen LogP contribution is 2.38. The van der Waals surface area contributed by atoms with E-state index in [1.54, 1.807) is 0 Å². The molecule has 2 nitrogen and oxygen atoms in total. The standard InChI is InChI=1S/C14H22N2/c1-15-14(7-8-14)10-12-5-4-6-13(9-12)11-16(2)3/h4-6,9,15H,7-8,10-11H2,1-3H3. The summed E-state index contributed by atoms with van der Waals surface area (Å²) in [7, 11) is 6.31. The number of nitrogens with one attached hydrogen (secondary N) is 1. The summed E-state index contributed by atoms with van der Waals surface area (Å²) in [5.74, 6) is 0. The third kappa shape index (κ3) is 2.83. The van der Waals surface area contributed by atoms with Crippen molar-refractivity contribution in [2.75, 3.05) is 21.1 Å². The van der Waals surface area contributed by atoms with Crippen molar-refractivity contribution in [1.29, 1.82) is 0 Å². The zero-order valence-corrected chi connectivity index (χ0v) is 10.6. The topological polar surface area (TPSA) is 15.3 Å². The summed E-state index contributed by atoms with van der Waals surface area (Å²) < 4.78 is 0. The Bertz CT molecular complexity index is 354. The van der Waals surface area contributed by atoms with E-state index in [1.807, 2.05) is 0 Å². The molecule has 0 aromatic heterocycles. The van der Waals surface area contributed by atoms with Gasteiger partial charge in [-0.1, -0.05) is 24.3 Å². The maximum Gasteiger partial charge on any atom is 0.0227 e. The fraction of sp³-hybridized carbons (Fsp3) is 0.571. The molecule has 0 heterocycles. The maximum atomic E-state index is 3.45. The molecule has 0 unspecified atom stereocenters. The lowest BCUT2D eigenvalue weighted by molar-refractivity contribution is 0.402. The van der Waals surface area contributed by atoms with Crippen LogP contribution in [0.25, 0.3) is 0 Å². The van der Waals surface area contributed by atoms with Crippen LogP contribution in [-0.4, -0.2) is 31.6 Å². The molecule has 1 N–H and O–H groups in total. The quantitative estimate of drug-likeness (QED) is 0.813. The van der Waals surface area contributed by atoms with E-state index in [-0.39, 0.29) is 0 Å². The fourth-order valence-corrected chi connectivity index (χ4v) is 2.26. The Balaban J connectivity index is 2.04. The van der Waals surface area contributed by atoms with E-state index < -0.39 is 0 Å². The van der Waals surface area contributed by atoms with Gasteiger partial charge in [0.1, 0.15) is 0 Å². The summed E-state index contributed by atoms with van der Waals surface area (Å²) in [6.45, 7) is 1.03. The molecular weight excluding hydrogens is 196 g/mol. The van der Waals surface area contributed by atoms with Crippen molar-refractivity contribution in [3.8, 4) is 0 Å². The van der Waals surface area contributed by atoms with Gasteiger partial charge < -0.3 is 10.2 Å². The van der Waals surface area contributed by atoms with Crippen LogP contribution >= 0.6 is 0 Å². The van der Waals surface area contributed by atoms with E-state index >= 15 is 0 Å². The monoisotopic (exact) mass is 218 g/mol. The predicted molar refractivity (Wildman–Crippen MR) is 68.6 cm³/mol. The highest BCUT2D eigenvalue weighted by Gasteiger charge is 2.40. The zero-order chi connectivity index (χ0) is 11.6. The molecule has 1 fully saturated rings. The number of benzene rings is 1. The Hall–Kier alpha value is -0.860. The average molecular weight is 218 g/mol. The Labute approximate surface area is 98.7 Å². The van der Waals surface area contributed by atoms with Crippen LogP contribution < -0.4 is 5.32 Å². The normalized spacial score (nSPS) is 17.8. The van der Waals surface area contributed by atoms with Crippen LogP contribution in [0.3, 0.4) is 0 Å². The summed E-state index contributed by atoms with van der Waals surface area (Å²) in [6, 6.07) is 8.98. The average Bonchev–Trinajstić information content (AvgIpc) is 2.98. The van der Waals surface area contributed by atoms with Gasteiger partial charge in [0.05, 0.1) is 0 Å². The second kappa shape index (κ2) is 4.56. The Morgan fingerprint density at radius 3 is 2.50 bits per heavy atom. The highest BCUT2D eigenvalue weighted by atomic mass is 15.0. The lowest BCUT2D eigenvalue weighted by Crippen LogP contribution is -2.29. The summed E-state index contributed by atoms with van der Waals surface area (Å²) >= 11 is 0. The van der Waals surface area contributed by atoms with E-state index in [0.29, 0.717) is 5.54 Å². The number of rotatable bonds is 5.